The average molecular weight is 472 g/mol. The Kier molecular flexibility index (Phi) is 7.04. The number of amides is 2. The molecular formula is C25H21N5O3S. The van der Waals surface area contributed by atoms with Gasteiger partial charge in [-0.2, -0.15) is 0 Å². The summed E-state index contributed by atoms with van der Waals surface area (Å²) in [4.78, 5) is 38.7. The number of carbonyl (C=O) groups excluding carboxylic acids is 2. The molecule has 0 atom stereocenters. The van der Waals surface area contributed by atoms with Gasteiger partial charge in [-0.25, -0.2) is 15.0 Å². The van der Waals surface area contributed by atoms with Crippen LogP contribution in [0.2, 0.25) is 0 Å². The molecular weight excluding hydrogens is 450 g/mol. The molecule has 0 aliphatic heterocycles. The zero-order valence-corrected chi connectivity index (χ0v) is 19.3. The monoisotopic (exact) mass is 471 g/mol. The number of nitrogens with zero attached hydrogens (tertiary/aromatic N) is 4. The Morgan fingerprint density at radius 2 is 1.82 bits per heavy atom. The molecule has 0 unspecified atom stereocenters. The van der Waals surface area contributed by atoms with E-state index in [0.29, 0.717) is 22.3 Å². The van der Waals surface area contributed by atoms with E-state index in [1.54, 1.807) is 48.1 Å². The summed E-state index contributed by atoms with van der Waals surface area (Å²) < 4.78 is 5.61. The first-order chi connectivity index (χ1) is 16.5. The molecule has 34 heavy (non-hydrogen) atoms. The molecule has 0 spiro atoms. The maximum absolute atomic E-state index is 12.4. The molecule has 0 aliphatic rings. The van der Waals surface area contributed by atoms with Gasteiger partial charge in [0.2, 0.25) is 11.8 Å². The number of aryl methyl sites for hydroxylation is 1. The summed E-state index contributed by atoms with van der Waals surface area (Å²) in [6, 6.07) is 16.5. The second-order valence-corrected chi connectivity index (χ2v) is 8.01. The van der Waals surface area contributed by atoms with Crippen molar-refractivity contribution in [3.8, 4) is 11.8 Å². The molecule has 0 saturated heterocycles. The van der Waals surface area contributed by atoms with E-state index in [4.69, 9.17) is 4.74 Å². The summed E-state index contributed by atoms with van der Waals surface area (Å²) in [5.41, 5.74) is 2.80. The maximum atomic E-state index is 12.4. The van der Waals surface area contributed by atoms with Gasteiger partial charge in [-0.05, 0) is 55.0 Å². The Bertz CT molecular complexity index is 1320. The number of thiazole rings is 1. The first-order valence-corrected chi connectivity index (χ1v) is 11.2. The van der Waals surface area contributed by atoms with Crippen LogP contribution in [-0.4, -0.2) is 26.8 Å². The molecule has 2 heterocycles. The number of hydrogen-bond donors (Lipinski definition) is 1. The number of para-hydroxylation sites is 1. The quantitative estimate of drug-likeness (QED) is 0.364. The van der Waals surface area contributed by atoms with Gasteiger partial charge in [-0.15, -0.1) is 11.3 Å². The molecule has 4 rings (SSSR count). The fraction of sp³-hybridized carbons (Fsp3) is 0.0800. The minimum Gasteiger partial charge on any atom is -0.424 e. The molecule has 170 valence electrons. The van der Waals surface area contributed by atoms with E-state index in [-0.39, 0.29) is 17.8 Å². The minimum absolute atomic E-state index is 0.143. The molecule has 2 amide bonds. The predicted octanol–water partition coefficient (Wildman–Crippen LogP) is 5.37. The predicted molar refractivity (Wildman–Crippen MR) is 132 cm³/mol. The van der Waals surface area contributed by atoms with Crippen LogP contribution in [0.15, 0.2) is 78.4 Å². The number of nitrogens with one attached hydrogen (secondary N) is 1. The molecule has 8 nitrogen and oxygen atoms in total. The highest BCUT2D eigenvalue weighted by Gasteiger charge is 2.17. The van der Waals surface area contributed by atoms with Crippen molar-refractivity contribution in [1.82, 2.24) is 15.0 Å². The van der Waals surface area contributed by atoms with Crippen LogP contribution in [0.25, 0.3) is 6.08 Å². The van der Waals surface area contributed by atoms with Gasteiger partial charge in [0.05, 0.1) is 11.4 Å². The molecule has 0 bridgehead atoms. The van der Waals surface area contributed by atoms with E-state index in [1.165, 1.54) is 29.2 Å². The van der Waals surface area contributed by atoms with Crippen molar-refractivity contribution < 1.29 is 14.3 Å². The fourth-order valence-electron chi connectivity index (χ4n) is 3.08. The first kappa shape index (κ1) is 22.8. The van der Waals surface area contributed by atoms with Gasteiger partial charge in [0.25, 0.3) is 0 Å². The minimum atomic E-state index is -0.302. The second-order valence-electron chi connectivity index (χ2n) is 7.18. The summed E-state index contributed by atoms with van der Waals surface area (Å²) in [6.45, 7) is 3.35. The van der Waals surface area contributed by atoms with Crippen molar-refractivity contribution in [2.45, 2.75) is 13.8 Å². The Morgan fingerprint density at radius 3 is 2.53 bits per heavy atom. The molecule has 9 heteroatoms. The third-order valence-corrected chi connectivity index (χ3v) is 5.49. The van der Waals surface area contributed by atoms with E-state index in [0.717, 1.165) is 11.3 Å². The number of carbonyl (C=O) groups is 2. The number of hydrogen-bond acceptors (Lipinski definition) is 7. The lowest BCUT2D eigenvalue weighted by atomic mass is 10.2. The lowest BCUT2D eigenvalue weighted by Gasteiger charge is -2.17. The largest absolute Gasteiger partial charge is 0.424 e. The van der Waals surface area contributed by atoms with Crippen LogP contribution in [-0.2, 0) is 9.59 Å². The van der Waals surface area contributed by atoms with Crippen LogP contribution in [0, 0.1) is 6.92 Å². The Hall–Kier alpha value is -4.37. The summed E-state index contributed by atoms with van der Waals surface area (Å²) in [5.74, 6) is 0.125. The van der Waals surface area contributed by atoms with Gasteiger partial charge >= 0.3 is 6.01 Å². The summed E-state index contributed by atoms with van der Waals surface area (Å²) >= 11 is 1.33. The van der Waals surface area contributed by atoms with Crippen LogP contribution < -0.4 is 15.0 Å². The van der Waals surface area contributed by atoms with Gasteiger partial charge in [-0.1, -0.05) is 18.2 Å². The topological polar surface area (TPSA) is 97.3 Å². The number of ether oxygens (including phenoxy) is 1. The molecule has 2 aromatic heterocycles. The van der Waals surface area contributed by atoms with Gasteiger partial charge in [-0.3, -0.25) is 14.5 Å². The Labute approximate surface area is 200 Å². The second kappa shape index (κ2) is 10.5. The standard InChI is InChI=1S/C25H21N5O3S/c1-17-15-21(33-24-26-13-6-14-27-24)10-11-22(17)29-23(32)12-9-19-16-34-25(28-19)30(18(2)31)20-7-4-3-5-8-20/h3-16H,1-2H3,(H,29,32)/b12-9+. The smallest absolute Gasteiger partial charge is 0.321 e. The van der Waals surface area contributed by atoms with E-state index >= 15 is 0 Å². The van der Waals surface area contributed by atoms with E-state index in [2.05, 4.69) is 20.3 Å². The molecule has 0 saturated carbocycles. The first-order valence-electron chi connectivity index (χ1n) is 10.4. The van der Waals surface area contributed by atoms with Crippen LogP contribution in [0.5, 0.6) is 11.8 Å². The Morgan fingerprint density at radius 1 is 1.06 bits per heavy atom. The molecule has 2 aromatic carbocycles. The normalized spacial score (nSPS) is 10.8. The van der Waals surface area contributed by atoms with Gasteiger partial charge < -0.3 is 10.1 Å². The lowest BCUT2D eigenvalue weighted by molar-refractivity contribution is -0.116. The highest BCUT2D eigenvalue weighted by molar-refractivity contribution is 7.14. The van der Waals surface area contributed by atoms with Crippen molar-refractivity contribution in [3.05, 3.63) is 89.7 Å². The molecule has 1 N–H and O–H groups in total. The lowest BCUT2D eigenvalue weighted by Crippen LogP contribution is -2.22. The van der Waals surface area contributed by atoms with Crippen molar-refractivity contribution in [3.63, 3.8) is 0 Å². The third kappa shape index (κ3) is 5.70. The fourth-order valence-corrected chi connectivity index (χ4v) is 3.93. The maximum Gasteiger partial charge on any atom is 0.321 e. The zero-order chi connectivity index (χ0) is 23.9. The van der Waals surface area contributed by atoms with Crippen LogP contribution >= 0.6 is 11.3 Å². The Balaban J connectivity index is 1.41. The van der Waals surface area contributed by atoms with Crippen LogP contribution in [0.4, 0.5) is 16.5 Å². The molecule has 0 radical (unpaired) electrons. The molecule has 4 aromatic rings. The summed E-state index contributed by atoms with van der Waals surface area (Å²) in [5, 5.41) is 5.17. The van der Waals surface area contributed by atoms with Crippen LogP contribution in [0.1, 0.15) is 18.2 Å². The van der Waals surface area contributed by atoms with E-state index in [9.17, 15) is 9.59 Å². The zero-order valence-electron chi connectivity index (χ0n) is 18.5. The molecule has 0 fully saturated rings. The van der Waals surface area contributed by atoms with Gasteiger partial charge in [0.15, 0.2) is 5.13 Å². The number of benzene rings is 2. The number of anilines is 3. The van der Waals surface area contributed by atoms with Crippen molar-refractivity contribution in [1.29, 1.82) is 0 Å². The SMILES string of the molecule is CC(=O)N(c1ccccc1)c1nc(/C=C/C(=O)Nc2ccc(Oc3ncccn3)cc2C)cs1. The van der Waals surface area contributed by atoms with E-state index in [1.807, 2.05) is 37.3 Å². The van der Waals surface area contributed by atoms with E-state index < -0.39 is 0 Å². The molecule has 0 aliphatic carbocycles. The highest BCUT2D eigenvalue weighted by Crippen LogP contribution is 2.29. The number of rotatable bonds is 7. The van der Waals surface area contributed by atoms with Gasteiger partial charge in [0, 0.05) is 36.5 Å². The van der Waals surface area contributed by atoms with Gasteiger partial charge in [0.1, 0.15) is 5.75 Å². The summed E-state index contributed by atoms with van der Waals surface area (Å²) in [6.07, 6.45) is 6.21. The van der Waals surface area contributed by atoms with Crippen LogP contribution in [0.3, 0.4) is 0 Å². The van der Waals surface area contributed by atoms with Crippen molar-refractivity contribution in [2.75, 3.05) is 10.2 Å². The number of aromatic nitrogens is 3. The van der Waals surface area contributed by atoms with Crippen molar-refractivity contribution in [2.24, 2.45) is 0 Å². The highest BCUT2D eigenvalue weighted by atomic mass is 32.1. The van der Waals surface area contributed by atoms with Crippen molar-refractivity contribution >= 4 is 45.7 Å². The summed E-state index contributed by atoms with van der Waals surface area (Å²) in [7, 11) is 0. The average Bonchev–Trinajstić information content (AvgIpc) is 3.29. The third-order valence-electron chi connectivity index (χ3n) is 4.64.